The lowest BCUT2D eigenvalue weighted by atomic mass is 10.0. The van der Waals surface area contributed by atoms with Crippen molar-refractivity contribution >= 4 is 5.97 Å². The molecule has 1 aliphatic heterocycles. The van der Waals surface area contributed by atoms with Crippen molar-refractivity contribution in [2.75, 3.05) is 6.61 Å². The Balaban J connectivity index is 2.69. The van der Waals surface area contributed by atoms with E-state index in [1.54, 1.807) is 0 Å². The molecule has 1 heterocycles. The molecule has 0 radical (unpaired) electrons. The number of hydrogen-bond donors (Lipinski definition) is 3. The molecule has 0 aromatic heterocycles. The molecule has 0 aromatic rings. The number of carbonyl (C=O) groups excluding carboxylic acids is 1. The van der Waals surface area contributed by atoms with Gasteiger partial charge in [0.2, 0.25) is 6.29 Å². The van der Waals surface area contributed by atoms with Gasteiger partial charge in [0.15, 0.2) is 6.17 Å². The lowest BCUT2D eigenvalue weighted by Gasteiger charge is -2.37. The number of alkyl halides is 1. The van der Waals surface area contributed by atoms with Gasteiger partial charge in [0.1, 0.15) is 18.3 Å². The molecule has 0 spiro atoms. The molecule has 0 saturated carbocycles. The lowest BCUT2D eigenvalue weighted by Crippen LogP contribution is -2.57. The Kier molecular flexibility index (Phi) is 3.97. The molecule has 2 unspecified atom stereocenters. The molecule has 0 aromatic carbocycles. The molecule has 1 saturated heterocycles. The topological polar surface area (TPSA) is 96.2 Å². The van der Waals surface area contributed by atoms with Crippen molar-refractivity contribution in [1.29, 1.82) is 0 Å². The second-order valence-electron chi connectivity index (χ2n) is 3.26. The highest BCUT2D eigenvalue weighted by Gasteiger charge is 2.46. The van der Waals surface area contributed by atoms with Crippen molar-refractivity contribution < 1.29 is 34.0 Å². The molecule has 0 bridgehead atoms. The Morgan fingerprint density at radius 3 is 2.53 bits per heavy atom. The van der Waals surface area contributed by atoms with E-state index in [1.165, 1.54) is 0 Å². The van der Waals surface area contributed by atoms with Crippen LogP contribution in [0, 0.1) is 0 Å². The third-order valence-electron chi connectivity index (χ3n) is 2.09. The highest BCUT2D eigenvalue weighted by atomic mass is 19.1. The van der Waals surface area contributed by atoms with Gasteiger partial charge >= 0.3 is 5.97 Å². The molecule has 5 atom stereocenters. The van der Waals surface area contributed by atoms with Crippen LogP contribution in [0.25, 0.3) is 0 Å². The van der Waals surface area contributed by atoms with Gasteiger partial charge in [-0.25, -0.2) is 4.39 Å². The highest BCUT2D eigenvalue weighted by molar-refractivity contribution is 5.66. The van der Waals surface area contributed by atoms with Gasteiger partial charge in [-0.3, -0.25) is 4.79 Å². The first-order valence-corrected chi connectivity index (χ1v) is 4.41. The molecular formula is C8H13FO6. The first kappa shape index (κ1) is 12.3. The molecule has 1 fully saturated rings. The van der Waals surface area contributed by atoms with Crippen molar-refractivity contribution in [3.63, 3.8) is 0 Å². The van der Waals surface area contributed by atoms with Crippen LogP contribution in [0.5, 0.6) is 0 Å². The molecule has 1 aliphatic rings. The molecule has 3 N–H and O–H groups in total. The second-order valence-corrected chi connectivity index (χ2v) is 3.26. The summed E-state index contributed by atoms with van der Waals surface area (Å²) >= 11 is 0. The normalized spacial score (nSPS) is 41.3. The summed E-state index contributed by atoms with van der Waals surface area (Å²) in [6.45, 7) is 0.449. The van der Waals surface area contributed by atoms with Crippen LogP contribution in [0.2, 0.25) is 0 Å². The number of rotatable bonds is 2. The summed E-state index contributed by atoms with van der Waals surface area (Å²) in [6.07, 6.45) is -8.10. The second kappa shape index (κ2) is 4.84. The van der Waals surface area contributed by atoms with E-state index in [9.17, 15) is 19.4 Å². The van der Waals surface area contributed by atoms with E-state index in [0.717, 1.165) is 6.92 Å². The summed E-state index contributed by atoms with van der Waals surface area (Å²) in [4.78, 5) is 10.6. The zero-order chi connectivity index (χ0) is 11.6. The van der Waals surface area contributed by atoms with Crippen LogP contribution in [-0.4, -0.2) is 58.7 Å². The minimum Gasteiger partial charge on any atom is -0.433 e. The van der Waals surface area contributed by atoms with E-state index in [-0.39, 0.29) is 0 Å². The summed E-state index contributed by atoms with van der Waals surface area (Å²) in [5, 5.41) is 27.2. The van der Waals surface area contributed by atoms with Gasteiger partial charge in [-0.2, -0.15) is 0 Å². The van der Waals surface area contributed by atoms with E-state index in [4.69, 9.17) is 9.84 Å². The maximum Gasteiger partial charge on any atom is 0.305 e. The van der Waals surface area contributed by atoms with Crippen LogP contribution in [0.4, 0.5) is 4.39 Å². The summed E-state index contributed by atoms with van der Waals surface area (Å²) < 4.78 is 22.5. The van der Waals surface area contributed by atoms with E-state index in [1.807, 2.05) is 0 Å². The molecule has 1 rings (SSSR count). The van der Waals surface area contributed by atoms with Crippen molar-refractivity contribution in [2.24, 2.45) is 0 Å². The zero-order valence-corrected chi connectivity index (χ0v) is 8.04. The van der Waals surface area contributed by atoms with Gasteiger partial charge in [-0.05, 0) is 0 Å². The van der Waals surface area contributed by atoms with Crippen LogP contribution in [0.1, 0.15) is 6.92 Å². The third kappa shape index (κ3) is 2.63. The molecule has 6 nitrogen and oxygen atoms in total. The van der Waals surface area contributed by atoms with Crippen molar-refractivity contribution in [2.45, 2.75) is 37.7 Å². The quantitative estimate of drug-likeness (QED) is 0.485. The number of halogens is 1. The van der Waals surface area contributed by atoms with Crippen LogP contribution in [-0.2, 0) is 14.3 Å². The number of ether oxygens (including phenoxy) is 2. The Hall–Kier alpha value is -0.760. The molecule has 15 heavy (non-hydrogen) atoms. The van der Waals surface area contributed by atoms with E-state index >= 15 is 0 Å². The molecule has 0 aliphatic carbocycles. The van der Waals surface area contributed by atoms with Gasteiger partial charge in [-0.15, -0.1) is 0 Å². The SMILES string of the molecule is CC(=O)O[C@@H]1OC(CO)[C@@H](O)[C@H](O)C1F. The van der Waals surface area contributed by atoms with E-state index < -0.39 is 43.3 Å². The fourth-order valence-corrected chi connectivity index (χ4v) is 1.30. The fourth-order valence-electron chi connectivity index (χ4n) is 1.30. The molecule has 7 heteroatoms. The van der Waals surface area contributed by atoms with Gasteiger partial charge in [0, 0.05) is 6.92 Å². The van der Waals surface area contributed by atoms with Crippen molar-refractivity contribution in [3.05, 3.63) is 0 Å². The van der Waals surface area contributed by atoms with Crippen LogP contribution in [0.3, 0.4) is 0 Å². The maximum absolute atomic E-state index is 13.3. The van der Waals surface area contributed by atoms with Crippen LogP contribution in [0.15, 0.2) is 0 Å². The summed E-state index contributed by atoms with van der Waals surface area (Å²) in [5.74, 6) is -0.775. The predicted octanol–water partition coefficient (Wildman–Crippen LogP) is -1.67. The average Bonchev–Trinajstić information content (AvgIpc) is 2.18. The summed E-state index contributed by atoms with van der Waals surface area (Å²) in [6, 6.07) is 0. The minimum absolute atomic E-state index is 0.608. The molecule has 88 valence electrons. The summed E-state index contributed by atoms with van der Waals surface area (Å²) in [5.41, 5.74) is 0. The lowest BCUT2D eigenvalue weighted by molar-refractivity contribution is -0.278. The average molecular weight is 224 g/mol. The van der Waals surface area contributed by atoms with Gasteiger partial charge in [0.05, 0.1) is 6.61 Å². The van der Waals surface area contributed by atoms with Crippen molar-refractivity contribution in [1.82, 2.24) is 0 Å². The van der Waals surface area contributed by atoms with Crippen LogP contribution < -0.4 is 0 Å². The largest absolute Gasteiger partial charge is 0.433 e. The first-order valence-electron chi connectivity index (χ1n) is 4.41. The standard InChI is InChI=1S/C8H13FO6/c1-3(11)14-8-5(9)7(13)6(12)4(2-10)15-8/h4-8,10,12-13H,2H2,1H3/t4?,5?,6-,7-,8-/m1/s1. The summed E-state index contributed by atoms with van der Waals surface area (Å²) in [7, 11) is 0. The monoisotopic (exact) mass is 224 g/mol. The Labute approximate surface area is 85.2 Å². The maximum atomic E-state index is 13.3. The van der Waals surface area contributed by atoms with E-state index in [0.29, 0.717) is 0 Å². The number of hydrogen-bond acceptors (Lipinski definition) is 6. The zero-order valence-electron chi connectivity index (χ0n) is 8.04. The van der Waals surface area contributed by atoms with Gasteiger partial charge < -0.3 is 24.8 Å². The Morgan fingerprint density at radius 2 is 2.07 bits per heavy atom. The minimum atomic E-state index is -2.04. The first-order chi connectivity index (χ1) is 6.97. The molecular weight excluding hydrogens is 211 g/mol. The highest BCUT2D eigenvalue weighted by Crippen LogP contribution is 2.24. The Morgan fingerprint density at radius 1 is 1.47 bits per heavy atom. The van der Waals surface area contributed by atoms with Gasteiger partial charge in [0.25, 0.3) is 0 Å². The van der Waals surface area contributed by atoms with Gasteiger partial charge in [-0.1, -0.05) is 0 Å². The molecule has 0 amide bonds. The predicted molar refractivity (Wildman–Crippen MR) is 44.4 cm³/mol. The Bertz CT molecular complexity index is 233. The fraction of sp³-hybridized carbons (Fsp3) is 0.875. The van der Waals surface area contributed by atoms with Crippen molar-refractivity contribution in [3.8, 4) is 0 Å². The number of esters is 1. The number of carbonyl (C=O) groups is 1. The number of aliphatic hydroxyl groups excluding tert-OH is 3. The van der Waals surface area contributed by atoms with Crippen LogP contribution >= 0.6 is 0 Å². The smallest absolute Gasteiger partial charge is 0.305 e. The third-order valence-corrected chi connectivity index (χ3v) is 2.09. The van der Waals surface area contributed by atoms with E-state index in [2.05, 4.69) is 4.74 Å². The number of aliphatic hydroxyl groups is 3.